The second kappa shape index (κ2) is 4.19. The first-order valence-electron chi connectivity index (χ1n) is 5.42. The van der Waals surface area contributed by atoms with E-state index in [0.29, 0.717) is 11.5 Å². The minimum absolute atomic E-state index is 0.0464. The fraction of sp³-hybridized carbons (Fsp3) is 0.500. The van der Waals surface area contributed by atoms with Gasteiger partial charge in [0.05, 0.1) is 0 Å². The van der Waals surface area contributed by atoms with E-state index in [0.717, 1.165) is 18.9 Å². The number of rotatable bonds is 2. The molecule has 3 heteroatoms. The summed E-state index contributed by atoms with van der Waals surface area (Å²) in [6.45, 7) is 0. The summed E-state index contributed by atoms with van der Waals surface area (Å²) in [4.78, 5) is 0. The lowest BCUT2D eigenvalue weighted by Gasteiger charge is -2.19. The van der Waals surface area contributed by atoms with E-state index in [1.807, 2.05) is 0 Å². The predicted molar refractivity (Wildman–Crippen MR) is 57.0 cm³/mol. The molecular formula is C12H16FNO. The molecule has 1 aromatic carbocycles. The van der Waals surface area contributed by atoms with Gasteiger partial charge in [-0.25, -0.2) is 4.39 Å². The highest BCUT2D eigenvalue weighted by Gasteiger charge is 2.25. The molecule has 1 atom stereocenters. The molecule has 0 spiro atoms. The van der Waals surface area contributed by atoms with Crippen molar-refractivity contribution in [2.24, 2.45) is 11.7 Å². The van der Waals surface area contributed by atoms with Gasteiger partial charge in [-0.05, 0) is 24.8 Å². The van der Waals surface area contributed by atoms with E-state index in [2.05, 4.69) is 0 Å². The molecular weight excluding hydrogens is 193 g/mol. The van der Waals surface area contributed by atoms with E-state index >= 15 is 0 Å². The SMILES string of the molecule is N[C@@H](c1ccc(O)cc1F)C1CCCC1. The number of hydrogen-bond donors (Lipinski definition) is 2. The Morgan fingerprint density at radius 1 is 1.33 bits per heavy atom. The van der Waals surface area contributed by atoms with Crippen molar-refractivity contribution in [2.75, 3.05) is 0 Å². The molecule has 0 amide bonds. The molecule has 2 rings (SSSR count). The molecule has 2 nitrogen and oxygen atoms in total. The van der Waals surface area contributed by atoms with Gasteiger partial charge in [0, 0.05) is 17.7 Å². The fourth-order valence-corrected chi connectivity index (χ4v) is 2.36. The van der Waals surface area contributed by atoms with Gasteiger partial charge in [0.15, 0.2) is 0 Å². The van der Waals surface area contributed by atoms with Gasteiger partial charge in [0.1, 0.15) is 11.6 Å². The number of benzene rings is 1. The Morgan fingerprint density at radius 3 is 2.60 bits per heavy atom. The molecule has 1 aliphatic rings. The molecule has 0 bridgehead atoms. The Balaban J connectivity index is 2.20. The molecule has 0 radical (unpaired) electrons. The highest BCUT2D eigenvalue weighted by molar-refractivity contribution is 5.30. The van der Waals surface area contributed by atoms with Crippen LogP contribution in [0.3, 0.4) is 0 Å². The highest BCUT2D eigenvalue weighted by Crippen LogP contribution is 2.35. The number of aromatic hydroxyl groups is 1. The third-order valence-corrected chi connectivity index (χ3v) is 3.25. The number of halogens is 1. The maximum atomic E-state index is 13.5. The van der Waals surface area contributed by atoms with Crippen LogP contribution >= 0.6 is 0 Å². The zero-order valence-corrected chi connectivity index (χ0v) is 8.62. The Labute approximate surface area is 88.9 Å². The molecule has 15 heavy (non-hydrogen) atoms. The first-order valence-corrected chi connectivity index (χ1v) is 5.42. The van der Waals surface area contributed by atoms with Crippen LogP contribution in [0.15, 0.2) is 18.2 Å². The first-order chi connectivity index (χ1) is 7.18. The number of nitrogens with two attached hydrogens (primary N) is 1. The third-order valence-electron chi connectivity index (χ3n) is 3.25. The minimum Gasteiger partial charge on any atom is -0.508 e. The monoisotopic (exact) mass is 209 g/mol. The Bertz CT molecular complexity index is 347. The van der Waals surface area contributed by atoms with Gasteiger partial charge in [0.25, 0.3) is 0 Å². The normalized spacial score (nSPS) is 19.3. The van der Waals surface area contributed by atoms with Gasteiger partial charge < -0.3 is 10.8 Å². The fourth-order valence-electron chi connectivity index (χ4n) is 2.36. The zero-order chi connectivity index (χ0) is 10.8. The summed E-state index contributed by atoms with van der Waals surface area (Å²) in [5.41, 5.74) is 6.56. The van der Waals surface area contributed by atoms with Gasteiger partial charge >= 0.3 is 0 Å². The largest absolute Gasteiger partial charge is 0.508 e. The molecule has 82 valence electrons. The van der Waals surface area contributed by atoms with E-state index < -0.39 is 5.82 Å². The van der Waals surface area contributed by atoms with Crippen LogP contribution in [0, 0.1) is 11.7 Å². The van der Waals surface area contributed by atoms with E-state index in [4.69, 9.17) is 10.8 Å². The van der Waals surface area contributed by atoms with Gasteiger partial charge in [-0.2, -0.15) is 0 Å². The molecule has 0 unspecified atom stereocenters. The standard InChI is InChI=1S/C12H16FNO/c13-11-7-9(15)5-6-10(11)12(14)8-3-1-2-4-8/h5-8,12,15H,1-4,14H2/t12-/m1/s1. The number of phenolic OH excluding ortho intramolecular Hbond substituents is 1. The van der Waals surface area contributed by atoms with Crippen LogP contribution in [0.25, 0.3) is 0 Å². The zero-order valence-electron chi connectivity index (χ0n) is 8.62. The van der Waals surface area contributed by atoms with Crippen LogP contribution in [-0.4, -0.2) is 5.11 Å². The second-order valence-corrected chi connectivity index (χ2v) is 4.28. The van der Waals surface area contributed by atoms with Crippen LogP contribution in [0.4, 0.5) is 4.39 Å². The lowest BCUT2D eigenvalue weighted by Crippen LogP contribution is -2.20. The third kappa shape index (κ3) is 2.12. The van der Waals surface area contributed by atoms with Crippen LogP contribution in [0.1, 0.15) is 37.3 Å². The van der Waals surface area contributed by atoms with Crippen LogP contribution < -0.4 is 5.73 Å². The quantitative estimate of drug-likeness (QED) is 0.786. The van der Waals surface area contributed by atoms with Crippen molar-refractivity contribution in [1.82, 2.24) is 0 Å². The topological polar surface area (TPSA) is 46.2 Å². The van der Waals surface area contributed by atoms with E-state index in [1.54, 1.807) is 6.07 Å². The molecule has 1 saturated carbocycles. The molecule has 0 aromatic heterocycles. The van der Waals surface area contributed by atoms with Gasteiger partial charge in [0.2, 0.25) is 0 Å². The Hall–Kier alpha value is -1.09. The average Bonchev–Trinajstić information content (AvgIpc) is 2.69. The van der Waals surface area contributed by atoms with E-state index in [1.165, 1.54) is 18.9 Å². The van der Waals surface area contributed by atoms with Crippen LogP contribution in [0.5, 0.6) is 5.75 Å². The summed E-state index contributed by atoms with van der Waals surface area (Å²) >= 11 is 0. The summed E-state index contributed by atoms with van der Waals surface area (Å²) in [6, 6.07) is 3.98. The Morgan fingerprint density at radius 2 is 2.00 bits per heavy atom. The summed E-state index contributed by atoms with van der Waals surface area (Å²) in [7, 11) is 0. The van der Waals surface area contributed by atoms with Crippen LogP contribution in [-0.2, 0) is 0 Å². The van der Waals surface area contributed by atoms with Gasteiger partial charge in [-0.3, -0.25) is 0 Å². The molecule has 3 N–H and O–H groups in total. The molecule has 1 aliphatic carbocycles. The van der Waals surface area contributed by atoms with Crippen molar-refractivity contribution in [3.8, 4) is 5.75 Å². The molecule has 0 aliphatic heterocycles. The van der Waals surface area contributed by atoms with Crippen molar-refractivity contribution in [2.45, 2.75) is 31.7 Å². The van der Waals surface area contributed by atoms with Gasteiger partial charge in [-0.1, -0.05) is 18.9 Å². The van der Waals surface area contributed by atoms with Crippen molar-refractivity contribution >= 4 is 0 Å². The first kappa shape index (κ1) is 10.4. The molecule has 0 heterocycles. The number of hydrogen-bond acceptors (Lipinski definition) is 2. The summed E-state index contributed by atoms with van der Waals surface area (Å²) in [5.74, 6) is -0.0479. The van der Waals surface area contributed by atoms with Crippen molar-refractivity contribution in [3.05, 3.63) is 29.6 Å². The second-order valence-electron chi connectivity index (χ2n) is 4.28. The lowest BCUT2D eigenvalue weighted by molar-refractivity contribution is 0.424. The number of phenols is 1. The lowest BCUT2D eigenvalue weighted by atomic mass is 9.92. The molecule has 1 fully saturated rings. The maximum Gasteiger partial charge on any atom is 0.131 e. The van der Waals surface area contributed by atoms with Crippen molar-refractivity contribution in [3.63, 3.8) is 0 Å². The summed E-state index contributed by atoms with van der Waals surface area (Å²) in [6.07, 6.45) is 4.55. The molecule has 0 saturated heterocycles. The Kier molecular flexibility index (Phi) is 2.91. The minimum atomic E-state index is -0.394. The predicted octanol–water partition coefficient (Wildman–Crippen LogP) is 2.72. The highest BCUT2D eigenvalue weighted by atomic mass is 19.1. The maximum absolute atomic E-state index is 13.5. The van der Waals surface area contributed by atoms with Crippen LogP contribution in [0.2, 0.25) is 0 Å². The van der Waals surface area contributed by atoms with Crippen molar-refractivity contribution < 1.29 is 9.50 Å². The van der Waals surface area contributed by atoms with Gasteiger partial charge in [-0.15, -0.1) is 0 Å². The van der Waals surface area contributed by atoms with E-state index in [-0.39, 0.29) is 11.8 Å². The summed E-state index contributed by atoms with van der Waals surface area (Å²) in [5, 5.41) is 9.10. The average molecular weight is 209 g/mol. The molecule has 1 aromatic rings. The van der Waals surface area contributed by atoms with Crippen molar-refractivity contribution in [1.29, 1.82) is 0 Å². The smallest absolute Gasteiger partial charge is 0.131 e. The summed E-state index contributed by atoms with van der Waals surface area (Å²) < 4.78 is 13.5. The van der Waals surface area contributed by atoms with E-state index in [9.17, 15) is 4.39 Å².